The van der Waals surface area contributed by atoms with Gasteiger partial charge < -0.3 is 20.1 Å². The van der Waals surface area contributed by atoms with Crippen molar-refractivity contribution < 1.29 is 14.3 Å². The van der Waals surface area contributed by atoms with Gasteiger partial charge in [0.05, 0.1) is 11.6 Å². The number of amides is 1. The molecule has 1 amide bonds. The highest BCUT2D eigenvalue weighted by molar-refractivity contribution is 9.10. The monoisotopic (exact) mass is 356 g/mol. The minimum atomic E-state index is -0.0162. The summed E-state index contributed by atoms with van der Waals surface area (Å²) in [7, 11) is 3.40. The summed E-state index contributed by atoms with van der Waals surface area (Å²) in [5.41, 5.74) is 6.63. The number of rotatable bonds is 7. The van der Waals surface area contributed by atoms with Gasteiger partial charge in [0, 0.05) is 13.1 Å². The SMILES string of the molecule is COc1cc(CCN)cc(Br)c1OCC(=O)N(C)C1CC1. The van der Waals surface area contributed by atoms with Gasteiger partial charge in [0.15, 0.2) is 18.1 Å². The smallest absolute Gasteiger partial charge is 0.260 e. The predicted octanol–water partition coefficient (Wildman–Crippen LogP) is 1.96. The van der Waals surface area contributed by atoms with Crippen molar-refractivity contribution in [2.24, 2.45) is 5.73 Å². The molecule has 0 radical (unpaired) electrons. The van der Waals surface area contributed by atoms with Gasteiger partial charge >= 0.3 is 0 Å². The lowest BCUT2D eigenvalue weighted by Gasteiger charge is -2.18. The molecule has 0 aliphatic heterocycles. The Bertz CT molecular complexity index is 518. The van der Waals surface area contributed by atoms with Crippen molar-refractivity contribution >= 4 is 21.8 Å². The molecule has 0 saturated heterocycles. The molecule has 0 unspecified atom stereocenters. The summed E-state index contributed by atoms with van der Waals surface area (Å²) in [4.78, 5) is 13.8. The molecule has 2 rings (SSSR count). The second-order valence-electron chi connectivity index (χ2n) is 5.17. The van der Waals surface area contributed by atoms with Crippen LogP contribution >= 0.6 is 15.9 Å². The lowest BCUT2D eigenvalue weighted by Crippen LogP contribution is -2.33. The quantitative estimate of drug-likeness (QED) is 0.810. The Morgan fingerprint density at radius 2 is 2.19 bits per heavy atom. The Morgan fingerprint density at radius 3 is 2.76 bits per heavy atom. The van der Waals surface area contributed by atoms with E-state index in [1.54, 1.807) is 12.0 Å². The van der Waals surface area contributed by atoms with E-state index in [1.807, 2.05) is 19.2 Å². The van der Waals surface area contributed by atoms with Gasteiger partial charge in [-0.25, -0.2) is 0 Å². The summed E-state index contributed by atoms with van der Waals surface area (Å²) in [6.45, 7) is 0.582. The molecule has 0 heterocycles. The Hall–Kier alpha value is -1.27. The van der Waals surface area contributed by atoms with Gasteiger partial charge in [0.2, 0.25) is 0 Å². The van der Waals surface area contributed by atoms with Gasteiger partial charge in [-0.3, -0.25) is 4.79 Å². The highest BCUT2D eigenvalue weighted by Crippen LogP contribution is 2.37. The molecule has 21 heavy (non-hydrogen) atoms. The zero-order chi connectivity index (χ0) is 15.4. The molecule has 0 aromatic heterocycles. The normalized spacial score (nSPS) is 13.9. The number of ether oxygens (including phenoxy) is 2. The van der Waals surface area contributed by atoms with Crippen LogP contribution in [0.25, 0.3) is 0 Å². The predicted molar refractivity (Wildman–Crippen MR) is 84.7 cm³/mol. The van der Waals surface area contributed by atoms with Crippen molar-refractivity contribution in [3.63, 3.8) is 0 Å². The first-order valence-corrected chi connectivity index (χ1v) is 7.81. The molecule has 0 atom stereocenters. The molecule has 0 bridgehead atoms. The summed E-state index contributed by atoms with van der Waals surface area (Å²) < 4.78 is 11.8. The topological polar surface area (TPSA) is 64.8 Å². The molecule has 0 spiro atoms. The molecule has 1 aromatic carbocycles. The van der Waals surface area contributed by atoms with Gasteiger partial charge in [-0.1, -0.05) is 0 Å². The molecule has 1 fully saturated rings. The van der Waals surface area contributed by atoms with E-state index in [-0.39, 0.29) is 12.5 Å². The van der Waals surface area contributed by atoms with Crippen molar-refractivity contribution in [3.8, 4) is 11.5 Å². The number of carbonyl (C=O) groups excluding carboxylic acids is 1. The summed E-state index contributed by atoms with van der Waals surface area (Å²) in [6.07, 6.45) is 2.94. The Labute approximate surface area is 133 Å². The second kappa shape index (κ2) is 7.13. The lowest BCUT2D eigenvalue weighted by molar-refractivity contribution is -0.132. The molecule has 2 N–H and O–H groups in total. The zero-order valence-corrected chi connectivity index (χ0v) is 14.0. The van der Waals surface area contributed by atoms with Crippen LogP contribution in [0.15, 0.2) is 16.6 Å². The third kappa shape index (κ3) is 4.11. The minimum Gasteiger partial charge on any atom is -0.493 e. The summed E-state index contributed by atoms with van der Waals surface area (Å²) in [5.74, 6) is 1.14. The lowest BCUT2D eigenvalue weighted by atomic mass is 10.1. The van der Waals surface area contributed by atoms with Crippen molar-refractivity contribution in [1.82, 2.24) is 4.90 Å². The van der Waals surface area contributed by atoms with Gasteiger partial charge in [-0.15, -0.1) is 0 Å². The number of hydrogen-bond donors (Lipinski definition) is 1. The molecule has 5 nitrogen and oxygen atoms in total. The fourth-order valence-corrected chi connectivity index (χ4v) is 2.73. The van der Waals surface area contributed by atoms with E-state index in [1.165, 1.54) is 0 Å². The molecular formula is C15H21BrN2O3. The van der Waals surface area contributed by atoms with Crippen LogP contribution in [0.2, 0.25) is 0 Å². The van der Waals surface area contributed by atoms with Gasteiger partial charge in [-0.05, 0) is 59.4 Å². The third-order valence-corrected chi connectivity index (χ3v) is 4.14. The van der Waals surface area contributed by atoms with Crippen molar-refractivity contribution in [1.29, 1.82) is 0 Å². The average Bonchev–Trinajstić information content (AvgIpc) is 3.29. The molecule has 1 aliphatic carbocycles. The van der Waals surface area contributed by atoms with E-state index in [9.17, 15) is 4.79 Å². The minimum absolute atomic E-state index is 0.0121. The largest absolute Gasteiger partial charge is 0.493 e. The van der Waals surface area contributed by atoms with E-state index >= 15 is 0 Å². The highest BCUT2D eigenvalue weighted by atomic mass is 79.9. The number of carbonyl (C=O) groups is 1. The summed E-state index contributed by atoms with van der Waals surface area (Å²) >= 11 is 3.47. The summed E-state index contributed by atoms with van der Waals surface area (Å²) in [6, 6.07) is 4.22. The molecule has 1 aromatic rings. The number of halogens is 1. The van der Waals surface area contributed by atoms with Crippen molar-refractivity contribution in [3.05, 3.63) is 22.2 Å². The number of methoxy groups -OCH3 is 1. The Morgan fingerprint density at radius 1 is 1.48 bits per heavy atom. The number of benzene rings is 1. The molecule has 1 aliphatic rings. The standard InChI is InChI=1S/C15H21BrN2O3/c1-18(11-3-4-11)14(19)9-21-15-12(16)7-10(5-6-17)8-13(15)20-2/h7-8,11H,3-6,9,17H2,1-2H3. The van der Waals surface area contributed by atoms with Crippen LogP contribution in [0.1, 0.15) is 18.4 Å². The molecule has 116 valence electrons. The van der Waals surface area contributed by atoms with E-state index in [0.29, 0.717) is 24.1 Å². The fraction of sp³-hybridized carbons (Fsp3) is 0.533. The van der Waals surface area contributed by atoms with Crippen molar-refractivity contribution in [2.45, 2.75) is 25.3 Å². The number of nitrogens with zero attached hydrogens (tertiary/aromatic N) is 1. The zero-order valence-electron chi connectivity index (χ0n) is 12.4. The molecular weight excluding hydrogens is 336 g/mol. The fourth-order valence-electron chi connectivity index (χ4n) is 2.13. The van der Waals surface area contributed by atoms with E-state index in [2.05, 4.69) is 15.9 Å². The van der Waals surface area contributed by atoms with Gasteiger partial charge in [0.1, 0.15) is 0 Å². The van der Waals surface area contributed by atoms with Crippen LogP contribution in [-0.2, 0) is 11.2 Å². The van der Waals surface area contributed by atoms with Crippen molar-refractivity contribution in [2.75, 3.05) is 27.3 Å². The van der Waals surface area contributed by atoms with Crippen LogP contribution < -0.4 is 15.2 Å². The van der Waals surface area contributed by atoms with Crippen LogP contribution in [0.4, 0.5) is 0 Å². The number of hydrogen-bond acceptors (Lipinski definition) is 4. The Balaban J connectivity index is 2.06. The maximum atomic E-state index is 12.0. The van der Waals surface area contributed by atoms with Crippen LogP contribution in [0.3, 0.4) is 0 Å². The van der Waals surface area contributed by atoms with E-state index in [4.69, 9.17) is 15.2 Å². The van der Waals surface area contributed by atoms with Crippen LogP contribution in [0, 0.1) is 0 Å². The first-order chi connectivity index (χ1) is 10.1. The Kier molecular flexibility index (Phi) is 5.47. The maximum absolute atomic E-state index is 12.0. The van der Waals surface area contributed by atoms with Crippen LogP contribution in [0.5, 0.6) is 11.5 Å². The third-order valence-electron chi connectivity index (χ3n) is 3.55. The first-order valence-electron chi connectivity index (χ1n) is 7.01. The average molecular weight is 357 g/mol. The van der Waals surface area contributed by atoms with Gasteiger partial charge in [0.25, 0.3) is 5.91 Å². The maximum Gasteiger partial charge on any atom is 0.260 e. The number of nitrogens with two attached hydrogens (primary N) is 1. The summed E-state index contributed by atoms with van der Waals surface area (Å²) in [5, 5.41) is 0. The number of likely N-dealkylation sites (N-methyl/N-ethyl adjacent to an activating group) is 1. The van der Waals surface area contributed by atoms with Gasteiger partial charge in [-0.2, -0.15) is 0 Å². The highest BCUT2D eigenvalue weighted by Gasteiger charge is 2.29. The van der Waals surface area contributed by atoms with E-state index in [0.717, 1.165) is 29.3 Å². The first kappa shape index (κ1) is 16.1. The van der Waals surface area contributed by atoms with Crippen LogP contribution in [-0.4, -0.2) is 44.2 Å². The second-order valence-corrected chi connectivity index (χ2v) is 6.03. The molecule has 1 saturated carbocycles. The molecule has 6 heteroatoms. The van der Waals surface area contributed by atoms with E-state index < -0.39 is 0 Å².